The van der Waals surface area contributed by atoms with Gasteiger partial charge in [0.15, 0.2) is 0 Å². The average molecular weight is 316 g/mol. The molecule has 0 atom stereocenters. The van der Waals surface area contributed by atoms with Crippen LogP contribution in [0, 0.1) is 6.92 Å². The van der Waals surface area contributed by atoms with Crippen molar-refractivity contribution in [2.75, 3.05) is 7.11 Å². The van der Waals surface area contributed by atoms with E-state index in [0.29, 0.717) is 11.3 Å². The maximum atomic E-state index is 12.0. The SMILES string of the molecule is COC(=O)c1c(CSc2ccccc2)cc(C)cc1C(=O)O. The second-order valence-corrected chi connectivity index (χ2v) is 5.79. The fraction of sp³-hybridized carbons (Fsp3) is 0.176. The van der Waals surface area contributed by atoms with E-state index in [0.717, 1.165) is 10.5 Å². The van der Waals surface area contributed by atoms with Crippen LogP contribution in [0.3, 0.4) is 0 Å². The molecule has 114 valence electrons. The molecule has 2 aromatic rings. The first-order valence-electron chi connectivity index (χ1n) is 6.66. The molecule has 0 aliphatic heterocycles. The van der Waals surface area contributed by atoms with Crippen LogP contribution in [0.4, 0.5) is 0 Å². The lowest BCUT2D eigenvalue weighted by Crippen LogP contribution is -2.13. The van der Waals surface area contributed by atoms with Crippen molar-refractivity contribution in [3.63, 3.8) is 0 Å². The Labute approximate surface area is 133 Å². The van der Waals surface area contributed by atoms with E-state index in [2.05, 4.69) is 0 Å². The molecule has 0 heterocycles. The van der Waals surface area contributed by atoms with Crippen LogP contribution < -0.4 is 0 Å². The van der Waals surface area contributed by atoms with Crippen LogP contribution in [0.15, 0.2) is 47.4 Å². The van der Waals surface area contributed by atoms with Crippen LogP contribution in [0.25, 0.3) is 0 Å². The standard InChI is InChI=1S/C17H16O4S/c1-11-8-12(10-22-13-6-4-3-5-7-13)15(17(20)21-2)14(9-11)16(18)19/h3-9H,10H2,1-2H3,(H,18,19). The third-order valence-corrected chi connectivity index (χ3v) is 4.18. The Kier molecular flexibility index (Phi) is 5.22. The highest BCUT2D eigenvalue weighted by molar-refractivity contribution is 7.98. The lowest BCUT2D eigenvalue weighted by molar-refractivity contribution is 0.0581. The molecule has 5 heteroatoms. The molecular formula is C17H16O4S. The summed E-state index contributed by atoms with van der Waals surface area (Å²) in [5, 5.41) is 9.33. The number of esters is 1. The maximum absolute atomic E-state index is 12.0. The minimum Gasteiger partial charge on any atom is -0.478 e. The summed E-state index contributed by atoms with van der Waals surface area (Å²) >= 11 is 1.54. The highest BCUT2D eigenvalue weighted by Gasteiger charge is 2.22. The Morgan fingerprint density at radius 2 is 1.86 bits per heavy atom. The topological polar surface area (TPSA) is 63.6 Å². The summed E-state index contributed by atoms with van der Waals surface area (Å²) in [6.07, 6.45) is 0. The lowest BCUT2D eigenvalue weighted by atomic mass is 9.99. The zero-order chi connectivity index (χ0) is 16.1. The third kappa shape index (κ3) is 3.68. The molecule has 4 nitrogen and oxygen atoms in total. The number of hydrogen-bond acceptors (Lipinski definition) is 4. The Morgan fingerprint density at radius 1 is 1.18 bits per heavy atom. The summed E-state index contributed by atoms with van der Waals surface area (Å²) in [5.41, 5.74) is 1.58. The highest BCUT2D eigenvalue weighted by Crippen LogP contribution is 2.27. The van der Waals surface area contributed by atoms with Crippen molar-refractivity contribution in [3.8, 4) is 0 Å². The zero-order valence-corrected chi connectivity index (χ0v) is 13.1. The van der Waals surface area contributed by atoms with Gasteiger partial charge in [0, 0.05) is 10.6 Å². The van der Waals surface area contributed by atoms with Crippen LogP contribution in [0.2, 0.25) is 0 Å². The number of methoxy groups -OCH3 is 1. The molecule has 0 unspecified atom stereocenters. The number of benzene rings is 2. The number of thioether (sulfide) groups is 1. The number of carbonyl (C=O) groups excluding carboxylic acids is 1. The number of hydrogen-bond donors (Lipinski definition) is 1. The van der Waals surface area contributed by atoms with Gasteiger partial charge in [-0.3, -0.25) is 0 Å². The molecule has 22 heavy (non-hydrogen) atoms. The summed E-state index contributed by atoms with van der Waals surface area (Å²) < 4.78 is 4.75. The lowest BCUT2D eigenvalue weighted by Gasteiger charge is -2.12. The van der Waals surface area contributed by atoms with E-state index in [9.17, 15) is 14.7 Å². The van der Waals surface area contributed by atoms with Gasteiger partial charge in [0.25, 0.3) is 0 Å². The minimum atomic E-state index is -1.13. The molecule has 0 saturated heterocycles. The van der Waals surface area contributed by atoms with Crippen LogP contribution in [0.5, 0.6) is 0 Å². The number of aryl methyl sites for hydroxylation is 1. The number of carboxylic acids is 1. The van der Waals surface area contributed by atoms with Crippen molar-refractivity contribution in [1.29, 1.82) is 0 Å². The van der Waals surface area contributed by atoms with Gasteiger partial charge in [-0.15, -0.1) is 11.8 Å². The van der Waals surface area contributed by atoms with Gasteiger partial charge in [0.2, 0.25) is 0 Å². The van der Waals surface area contributed by atoms with Crippen LogP contribution in [0.1, 0.15) is 31.8 Å². The van der Waals surface area contributed by atoms with Crippen LogP contribution >= 0.6 is 11.8 Å². The van der Waals surface area contributed by atoms with E-state index in [-0.39, 0.29) is 11.1 Å². The van der Waals surface area contributed by atoms with Gasteiger partial charge < -0.3 is 9.84 Å². The second-order valence-electron chi connectivity index (χ2n) is 4.75. The summed E-state index contributed by atoms with van der Waals surface area (Å²) in [6.45, 7) is 1.81. The quantitative estimate of drug-likeness (QED) is 0.672. The van der Waals surface area contributed by atoms with Crippen molar-refractivity contribution in [3.05, 3.63) is 64.7 Å². The average Bonchev–Trinajstić information content (AvgIpc) is 2.52. The third-order valence-electron chi connectivity index (χ3n) is 3.12. The van der Waals surface area contributed by atoms with E-state index >= 15 is 0 Å². The molecule has 0 amide bonds. The normalized spacial score (nSPS) is 10.3. The molecule has 0 spiro atoms. The maximum Gasteiger partial charge on any atom is 0.339 e. The largest absolute Gasteiger partial charge is 0.478 e. The Balaban J connectivity index is 2.40. The van der Waals surface area contributed by atoms with Crippen molar-refractivity contribution in [1.82, 2.24) is 0 Å². The van der Waals surface area contributed by atoms with Gasteiger partial charge in [0.1, 0.15) is 0 Å². The van der Waals surface area contributed by atoms with Gasteiger partial charge in [0.05, 0.1) is 18.2 Å². The number of aromatic carboxylic acids is 1. The molecule has 0 bridgehead atoms. The molecule has 0 radical (unpaired) electrons. The summed E-state index contributed by atoms with van der Waals surface area (Å²) in [6, 6.07) is 13.1. The molecule has 2 aromatic carbocycles. The number of carboxylic acid groups (broad SMARTS) is 1. The predicted molar refractivity (Wildman–Crippen MR) is 85.5 cm³/mol. The monoisotopic (exact) mass is 316 g/mol. The number of ether oxygens (including phenoxy) is 1. The van der Waals surface area contributed by atoms with E-state index in [1.165, 1.54) is 13.2 Å². The number of rotatable bonds is 5. The van der Waals surface area contributed by atoms with Crippen molar-refractivity contribution < 1.29 is 19.4 Å². The first-order valence-corrected chi connectivity index (χ1v) is 7.64. The van der Waals surface area contributed by atoms with E-state index in [1.807, 2.05) is 43.3 Å². The summed E-state index contributed by atoms with van der Waals surface area (Å²) in [4.78, 5) is 24.4. The first kappa shape index (κ1) is 16.1. The molecule has 0 fully saturated rings. The fourth-order valence-electron chi connectivity index (χ4n) is 2.16. The van der Waals surface area contributed by atoms with Gasteiger partial charge in [-0.25, -0.2) is 9.59 Å². The molecule has 0 aromatic heterocycles. The Bertz CT molecular complexity index is 695. The molecule has 0 aliphatic carbocycles. The number of carbonyl (C=O) groups is 2. The smallest absolute Gasteiger partial charge is 0.339 e. The Hall–Kier alpha value is -2.27. The molecular weight excluding hydrogens is 300 g/mol. The minimum absolute atomic E-state index is 0.0180. The van der Waals surface area contributed by atoms with Crippen LogP contribution in [-0.4, -0.2) is 24.2 Å². The van der Waals surface area contributed by atoms with Crippen molar-refractivity contribution >= 4 is 23.7 Å². The second kappa shape index (κ2) is 7.13. The molecule has 0 saturated carbocycles. The highest BCUT2D eigenvalue weighted by atomic mass is 32.2. The van der Waals surface area contributed by atoms with Crippen LogP contribution in [-0.2, 0) is 10.5 Å². The molecule has 0 aliphatic rings. The first-order chi connectivity index (χ1) is 10.5. The zero-order valence-electron chi connectivity index (χ0n) is 12.3. The van der Waals surface area contributed by atoms with E-state index in [4.69, 9.17) is 4.74 Å². The van der Waals surface area contributed by atoms with Crippen molar-refractivity contribution in [2.24, 2.45) is 0 Å². The van der Waals surface area contributed by atoms with E-state index < -0.39 is 11.9 Å². The molecule has 2 rings (SSSR count). The molecule has 1 N–H and O–H groups in total. The predicted octanol–water partition coefficient (Wildman–Crippen LogP) is 3.77. The fourth-order valence-corrected chi connectivity index (χ4v) is 3.06. The van der Waals surface area contributed by atoms with Gasteiger partial charge >= 0.3 is 11.9 Å². The van der Waals surface area contributed by atoms with Gasteiger partial charge in [-0.2, -0.15) is 0 Å². The van der Waals surface area contributed by atoms with Gasteiger partial charge in [-0.1, -0.05) is 24.3 Å². The Morgan fingerprint density at radius 3 is 2.45 bits per heavy atom. The summed E-state index contributed by atoms with van der Waals surface area (Å²) in [7, 11) is 1.25. The van der Waals surface area contributed by atoms with Gasteiger partial charge in [-0.05, 0) is 36.2 Å². The van der Waals surface area contributed by atoms with Crippen molar-refractivity contribution in [2.45, 2.75) is 17.6 Å². The van der Waals surface area contributed by atoms with E-state index in [1.54, 1.807) is 11.8 Å². The summed E-state index contributed by atoms with van der Waals surface area (Å²) in [5.74, 6) is -1.26.